The number of hydrogen-bond acceptors (Lipinski definition) is 6. The van der Waals surface area contributed by atoms with E-state index in [4.69, 9.17) is 9.05 Å². The molecule has 2 unspecified atom stereocenters. The van der Waals surface area contributed by atoms with E-state index in [0.29, 0.717) is 0 Å². The molecule has 0 fully saturated rings. The third-order valence-corrected chi connectivity index (χ3v) is 4.70. The number of nitrogens with one attached hydrogen (secondary N) is 1. The number of rotatable bonds is 9. The molecule has 0 rings (SSSR count). The van der Waals surface area contributed by atoms with Gasteiger partial charge in [0.2, 0.25) is 5.91 Å². The van der Waals surface area contributed by atoms with Gasteiger partial charge >= 0.3 is 7.82 Å². The number of Topliss-reactive ketones (excluding diaryl/α,β-unsaturated/α-hetero) is 1. The van der Waals surface area contributed by atoms with E-state index in [1.54, 1.807) is 41.5 Å². The standard InChI is InChI=1S/C17H34NO7P/c1-15(2,3)12(19)9-10-18-14(21)13(20)17(7,8)11-24-26(22,23)25-16(4,5)6/h13,20H,9-11H2,1-8H3,(H,18,21)(H,22,23). The fraction of sp³-hybridized carbons (Fsp3) is 0.882. The minimum atomic E-state index is -4.32. The predicted octanol–water partition coefficient (Wildman–Crippen LogP) is 2.43. The third kappa shape index (κ3) is 9.78. The van der Waals surface area contributed by atoms with Crippen LogP contribution in [0.1, 0.15) is 61.8 Å². The summed E-state index contributed by atoms with van der Waals surface area (Å²) in [5.74, 6) is -0.680. The van der Waals surface area contributed by atoms with Crippen molar-refractivity contribution in [1.82, 2.24) is 5.32 Å². The molecule has 154 valence electrons. The maximum Gasteiger partial charge on any atom is 0.472 e. The minimum Gasteiger partial charge on any atom is -0.383 e. The molecular weight excluding hydrogens is 361 g/mol. The molecule has 0 heterocycles. The Kier molecular flexibility index (Phi) is 8.66. The summed E-state index contributed by atoms with van der Waals surface area (Å²) in [6.45, 7) is 13.0. The molecule has 0 bridgehead atoms. The molecule has 0 saturated carbocycles. The van der Waals surface area contributed by atoms with Crippen LogP contribution in [0, 0.1) is 10.8 Å². The molecule has 0 radical (unpaired) electrons. The number of amides is 1. The number of phosphoric ester groups is 1. The zero-order chi connectivity index (χ0) is 21.0. The number of aliphatic hydroxyl groups is 1. The molecular formula is C17H34NO7P. The summed E-state index contributed by atoms with van der Waals surface area (Å²) >= 11 is 0. The Hall–Kier alpha value is -0.790. The van der Waals surface area contributed by atoms with Crippen LogP contribution in [0.3, 0.4) is 0 Å². The fourth-order valence-electron chi connectivity index (χ4n) is 1.83. The number of carbonyl (C=O) groups excluding carboxylic acids is 2. The highest BCUT2D eigenvalue weighted by Gasteiger charge is 2.38. The van der Waals surface area contributed by atoms with Crippen molar-refractivity contribution < 1.29 is 33.2 Å². The van der Waals surface area contributed by atoms with Crippen molar-refractivity contribution in [1.29, 1.82) is 0 Å². The third-order valence-electron chi connectivity index (χ3n) is 3.47. The highest BCUT2D eigenvalue weighted by Crippen LogP contribution is 2.48. The Morgan fingerprint density at radius 1 is 1.08 bits per heavy atom. The molecule has 0 aromatic heterocycles. The van der Waals surface area contributed by atoms with Crippen molar-refractivity contribution in [3.05, 3.63) is 0 Å². The quantitative estimate of drug-likeness (QED) is 0.513. The number of aliphatic hydroxyl groups excluding tert-OH is 1. The molecule has 1 amide bonds. The Morgan fingerprint density at radius 3 is 2.00 bits per heavy atom. The summed E-state index contributed by atoms with van der Waals surface area (Å²) in [6.07, 6.45) is -1.33. The molecule has 0 aromatic rings. The van der Waals surface area contributed by atoms with Gasteiger partial charge in [0.15, 0.2) is 0 Å². The zero-order valence-corrected chi connectivity index (χ0v) is 18.0. The lowest BCUT2D eigenvalue weighted by molar-refractivity contribution is -0.137. The summed E-state index contributed by atoms with van der Waals surface area (Å²) in [7, 11) is -4.32. The van der Waals surface area contributed by atoms with Crippen molar-refractivity contribution in [3.8, 4) is 0 Å². The molecule has 0 aliphatic carbocycles. The van der Waals surface area contributed by atoms with E-state index < -0.39 is 36.3 Å². The molecule has 2 atom stereocenters. The van der Waals surface area contributed by atoms with Crippen molar-refractivity contribution in [2.45, 2.75) is 73.5 Å². The van der Waals surface area contributed by atoms with Crippen molar-refractivity contribution in [2.75, 3.05) is 13.2 Å². The summed E-state index contributed by atoms with van der Waals surface area (Å²) in [6, 6.07) is 0. The van der Waals surface area contributed by atoms with Gasteiger partial charge in [-0.1, -0.05) is 34.6 Å². The maximum atomic E-state index is 12.1. The average Bonchev–Trinajstić information content (AvgIpc) is 2.40. The lowest BCUT2D eigenvalue weighted by atomic mass is 9.87. The smallest absolute Gasteiger partial charge is 0.383 e. The zero-order valence-electron chi connectivity index (χ0n) is 17.1. The lowest BCUT2D eigenvalue weighted by Crippen LogP contribution is -2.46. The van der Waals surface area contributed by atoms with Gasteiger partial charge in [-0.3, -0.25) is 18.6 Å². The van der Waals surface area contributed by atoms with Gasteiger partial charge in [-0.15, -0.1) is 0 Å². The highest BCUT2D eigenvalue weighted by atomic mass is 31.2. The molecule has 9 heteroatoms. The molecule has 0 spiro atoms. The Morgan fingerprint density at radius 2 is 1.58 bits per heavy atom. The summed E-state index contributed by atoms with van der Waals surface area (Å²) in [5, 5.41) is 12.7. The van der Waals surface area contributed by atoms with Crippen LogP contribution >= 0.6 is 7.82 Å². The van der Waals surface area contributed by atoms with E-state index in [1.807, 2.05) is 0 Å². The molecule has 3 N–H and O–H groups in total. The fourth-order valence-corrected chi connectivity index (χ4v) is 3.07. The van der Waals surface area contributed by atoms with Crippen LogP contribution < -0.4 is 5.32 Å². The minimum absolute atomic E-state index is 0.00423. The first kappa shape index (κ1) is 25.2. The SMILES string of the molecule is CC(C)(C)OP(=O)(O)OCC(C)(C)C(O)C(=O)NCCC(=O)C(C)(C)C. The molecule has 8 nitrogen and oxygen atoms in total. The highest BCUT2D eigenvalue weighted by molar-refractivity contribution is 7.47. The topological polar surface area (TPSA) is 122 Å². The summed E-state index contributed by atoms with van der Waals surface area (Å²) < 4.78 is 21.8. The Bertz CT molecular complexity index is 546. The van der Waals surface area contributed by atoms with Crippen molar-refractivity contribution >= 4 is 19.5 Å². The van der Waals surface area contributed by atoms with E-state index in [9.17, 15) is 24.2 Å². The van der Waals surface area contributed by atoms with E-state index in [1.165, 1.54) is 13.8 Å². The van der Waals surface area contributed by atoms with E-state index >= 15 is 0 Å². The molecule has 0 aliphatic heterocycles. The first-order valence-electron chi connectivity index (χ1n) is 8.54. The number of carbonyl (C=O) groups is 2. The molecule has 0 saturated heterocycles. The van der Waals surface area contributed by atoms with Crippen LogP contribution in [0.15, 0.2) is 0 Å². The lowest BCUT2D eigenvalue weighted by Gasteiger charge is -2.31. The summed E-state index contributed by atoms with van der Waals surface area (Å²) in [4.78, 5) is 33.6. The van der Waals surface area contributed by atoms with Gasteiger partial charge < -0.3 is 15.3 Å². The predicted molar refractivity (Wildman–Crippen MR) is 98.5 cm³/mol. The number of phosphoric acid groups is 1. The monoisotopic (exact) mass is 395 g/mol. The maximum absolute atomic E-state index is 12.1. The van der Waals surface area contributed by atoms with Gasteiger partial charge in [-0.2, -0.15) is 0 Å². The van der Waals surface area contributed by atoms with Crippen molar-refractivity contribution in [3.63, 3.8) is 0 Å². The van der Waals surface area contributed by atoms with Crippen LogP contribution in [0.4, 0.5) is 0 Å². The van der Waals surface area contributed by atoms with Crippen LogP contribution in [-0.4, -0.2) is 46.5 Å². The number of ketones is 1. The van der Waals surface area contributed by atoms with Gasteiger partial charge in [-0.25, -0.2) is 4.57 Å². The largest absolute Gasteiger partial charge is 0.472 e. The van der Waals surface area contributed by atoms with Crippen LogP contribution in [-0.2, 0) is 23.2 Å². The van der Waals surface area contributed by atoms with E-state index in [-0.39, 0.29) is 25.4 Å². The Labute approximate surface area is 156 Å². The van der Waals surface area contributed by atoms with Gasteiger partial charge in [0.1, 0.15) is 11.9 Å². The second kappa shape index (κ2) is 8.93. The first-order valence-corrected chi connectivity index (χ1v) is 10.0. The van der Waals surface area contributed by atoms with Gasteiger partial charge in [-0.05, 0) is 20.8 Å². The normalized spacial score (nSPS) is 16.7. The van der Waals surface area contributed by atoms with Crippen LogP contribution in [0.25, 0.3) is 0 Å². The second-order valence-corrected chi connectivity index (χ2v) is 10.4. The van der Waals surface area contributed by atoms with Gasteiger partial charge in [0.25, 0.3) is 0 Å². The average molecular weight is 395 g/mol. The van der Waals surface area contributed by atoms with Gasteiger partial charge in [0, 0.05) is 23.8 Å². The molecule has 26 heavy (non-hydrogen) atoms. The number of hydrogen-bond donors (Lipinski definition) is 3. The molecule has 0 aliphatic rings. The molecule has 0 aromatic carbocycles. The van der Waals surface area contributed by atoms with E-state index in [0.717, 1.165) is 0 Å². The van der Waals surface area contributed by atoms with Crippen LogP contribution in [0.2, 0.25) is 0 Å². The first-order chi connectivity index (χ1) is 11.4. The summed E-state index contributed by atoms with van der Waals surface area (Å²) in [5.41, 5.74) is -2.52. The van der Waals surface area contributed by atoms with Crippen LogP contribution in [0.5, 0.6) is 0 Å². The van der Waals surface area contributed by atoms with E-state index in [2.05, 4.69) is 5.32 Å². The second-order valence-electron chi connectivity index (χ2n) is 9.05. The van der Waals surface area contributed by atoms with Gasteiger partial charge in [0.05, 0.1) is 12.2 Å². The van der Waals surface area contributed by atoms with Crippen molar-refractivity contribution in [2.24, 2.45) is 10.8 Å². The Balaban J connectivity index is 4.61.